The van der Waals surface area contributed by atoms with E-state index in [0.717, 1.165) is 25.1 Å². The quantitative estimate of drug-likeness (QED) is 0.830. The van der Waals surface area contributed by atoms with Gasteiger partial charge < -0.3 is 10.2 Å². The molecule has 2 heterocycles. The number of pyridine rings is 1. The molecule has 16 heavy (non-hydrogen) atoms. The Morgan fingerprint density at radius 1 is 1.56 bits per heavy atom. The first-order valence-electron chi connectivity index (χ1n) is 5.77. The van der Waals surface area contributed by atoms with Crippen molar-refractivity contribution in [3.05, 3.63) is 24.5 Å². The molecule has 1 amide bonds. The largest absolute Gasteiger partial charge is 0.311 e. The van der Waals surface area contributed by atoms with Crippen LogP contribution in [0.2, 0.25) is 0 Å². The minimum atomic E-state index is -0.00637. The average Bonchev–Trinajstić information content (AvgIpc) is 2.85. The van der Waals surface area contributed by atoms with E-state index in [-0.39, 0.29) is 11.9 Å². The normalized spacial score (nSPS) is 19.7. The smallest absolute Gasteiger partial charge is 0.244 e. The van der Waals surface area contributed by atoms with Gasteiger partial charge in [-0.05, 0) is 38.4 Å². The molecule has 0 saturated carbocycles. The van der Waals surface area contributed by atoms with Crippen LogP contribution in [-0.4, -0.2) is 30.0 Å². The van der Waals surface area contributed by atoms with E-state index in [9.17, 15) is 4.79 Å². The van der Waals surface area contributed by atoms with Gasteiger partial charge in [-0.2, -0.15) is 0 Å². The lowest BCUT2D eigenvalue weighted by Crippen LogP contribution is -2.43. The lowest BCUT2D eigenvalue weighted by molar-refractivity contribution is -0.120. The van der Waals surface area contributed by atoms with Crippen molar-refractivity contribution in [3.8, 4) is 0 Å². The predicted molar refractivity (Wildman–Crippen MR) is 63.3 cm³/mol. The van der Waals surface area contributed by atoms with Gasteiger partial charge in [0.1, 0.15) is 0 Å². The number of rotatable bonds is 3. The van der Waals surface area contributed by atoms with Crippen molar-refractivity contribution >= 4 is 11.6 Å². The molecule has 0 spiro atoms. The molecule has 4 heteroatoms. The van der Waals surface area contributed by atoms with E-state index in [1.807, 2.05) is 24.0 Å². The number of amides is 1. The predicted octanol–water partition coefficient (Wildman–Crippen LogP) is 1.19. The third-order valence-electron chi connectivity index (χ3n) is 2.92. The molecule has 1 aromatic heterocycles. The van der Waals surface area contributed by atoms with Crippen LogP contribution >= 0.6 is 0 Å². The number of hydrogen-bond acceptors (Lipinski definition) is 3. The average molecular weight is 219 g/mol. The Morgan fingerprint density at radius 3 is 2.88 bits per heavy atom. The number of carbonyl (C=O) groups excluding carboxylic acids is 1. The van der Waals surface area contributed by atoms with Crippen molar-refractivity contribution < 1.29 is 4.79 Å². The molecule has 1 saturated heterocycles. The van der Waals surface area contributed by atoms with Gasteiger partial charge in [0.2, 0.25) is 5.91 Å². The molecule has 86 valence electrons. The van der Waals surface area contributed by atoms with Crippen LogP contribution in [0.1, 0.15) is 19.8 Å². The molecule has 1 N–H and O–H groups in total. The third kappa shape index (κ3) is 2.22. The second-order valence-corrected chi connectivity index (χ2v) is 3.94. The fourth-order valence-corrected chi connectivity index (χ4v) is 2.07. The van der Waals surface area contributed by atoms with Crippen molar-refractivity contribution in [2.24, 2.45) is 0 Å². The molecule has 2 rings (SSSR count). The van der Waals surface area contributed by atoms with Gasteiger partial charge in [-0.15, -0.1) is 0 Å². The Kier molecular flexibility index (Phi) is 3.51. The van der Waals surface area contributed by atoms with Gasteiger partial charge >= 0.3 is 0 Å². The van der Waals surface area contributed by atoms with Crippen molar-refractivity contribution in [2.75, 3.05) is 18.0 Å². The van der Waals surface area contributed by atoms with E-state index < -0.39 is 0 Å². The molecule has 0 bridgehead atoms. The maximum atomic E-state index is 12.2. The zero-order valence-corrected chi connectivity index (χ0v) is 9.52. The van der Waals surface area contributed by atoms with E-state index in [4.69, 9.17) is 0 Å². The molecule has 0 aromatic carbocycles. The monoisotopic (exact) mass is 219 g/mol. The van der Waals surface area contributed by atoms with Crippen LogP contribution in [0, 0.1) is 0 Å². The third-order valence-corrected chi connectivity index (χ3v) is 2.92. The van der Waals surface area contributed by atoms with Crippen molar-refractivity contribution in [2.45, 2.75) is 25.8 Å². The first-order chi connectivity index (χ1) is 7.83. The highest BCUT2D eigenvalue weighted by atomic mass is 16.2. The molecule has 0 unspecified atom stereocenters. The Labute approximate surface area is 95.7 Å². The lowest BCUT2D eigenvalue weighted by atomic mass is 10.2. The standard InChI is InChI=1S/C12H17N3O/c1-2-15(10-5-8-13-9-6-10)12(16)11-4-3-7-14-11/h5-6,8-9,11,14H,2-4,7H2,1H3/t11-/m1/s1. The Balaban J connectivity index is 2.13. The molecule has 0 aliphatic carbocycles. The van der Waals surface area contributed by atoms with Gasteiger partial charge in [-0.1, -0.05) is 0 Å². The van der Waals surface area contributed by atoms with Crippen LogP contribution in [0.25, 0.3) is 0 Å². The molecule has 1 fully saturated rings. The summed E-state index contributed by atoms with van der Waals surface area (Å²) in [6.07, 6.45) is 5.46. The first-order valence-corrected chi connectivity index (χ1v) is 5.77. The summed E-state index contributed by atoms with van der Waals surface area (Å²) in [5.41, 5.74) is 0.927. The fraction of sp³-hybridized carbons (Fsp3) is 0.500. The van der Waals surface area contributed by atoms with Crippen LogP contribution in [-0.2, 0) is 4.79 Å². The lowest BCUT2D eigenvalue weighted by Gasteiger charge is -2.24. The van der Waals surface area contributed by atoms with Gasteiger partial charge in [0.15, 0.2) is 0 Å². The van der Waals surface area contributed by atoms with Crippen molar-refractivity contribution in [1.29, 1.82) is 0 Å². The van der Waals surface area contributed by atoms with Crippen LogP contribution in [0.15, 0.2) is 24.5 Å². The first kappa shape index (κ1) is 11.1. The number of carbonyl (C=O) groups is 1. The Hall–Kier alpha value is -1.42. The van der Waals surface area contributed by atoms with Crippen LogP contribution in [0.3, 0.4) is 0 Å². The number of hydrogen-bond donors (Lipinski definition) is 1. The fourth-order valence-electron chi connectivity index (χ4n) is 2.07. The summed E-state index contributed by atoms with van der Waals surface area (Å²) in [7, 11) is 0. The summed E-state index contributed by atoms with van der Waals surface area (Å²) in [5.74, 6) is 0.172. The number of nitrogens with zero attached hydrogens (tertiary/aromatic N) is 2. The number of anilines is 1. The molecule has 1 aliphatic heterocycles. The second-order valence-electron chi connectivity index (χ2n) is 3.94. The van der Waals surface area contributed by atoms with Gasteiger partial charge in [-0.3, -0.25) is 9.78 Å². The minimum Gasteiger partial charge on any atom is -0.311 e. The van der Waals surface area contributed by atoms with Crippen molar-refractivity contribution in [1.82, 2.24) is 10.3 Å². The van der Waals surface area contributed by atoms with E-state index in [0.29, 0.717) is 6.54 Å². The maximum absolute atomic E-state index is 12.2. The summed E-state index contributed by atoms with van der Waals surface area (Å²) < 4.78 is 0. The van der Waals surface area contributed by atoms with Crippen LogP contribution < -0.4 is 10.2 Å². The zero-order chi connectivity index (χ0) is 11.4. The zero-order valence-electron chi connectivity index (χ0n) is 9.52. The van der Waals surface area contributed by atoms with E-state index in [1.54, 1.807) is 12.4 Å². The Bertz CT molecular complexity index is 347. The summed E-state index contributed by atoms with van der Waals surface area (Å²) in [6, 6.07) is 3.74. The Morgan fingerprint density at radius 2 is 2.31 bits per heavy atom. The van der Waals surface area contributed by atoms with Gasteiger partial charge in [0.05, 0.1) is 6.04 Å². The van der Waals surface area contributed by atoms with Crippen molar-refractivity contribution in [3.63, 3.8) is 0 Å². The molecular formula is C12H17N3O. The number of likely N-dealkylation sites (N-methyl/N-ethyl adjacent to an activating group) is 1. The van der Waals surface area contributed by atoms with Gasteiger partial charge in [0.25, 0.3) is 0 Å². The summed E-state index contributed by atoms with van der Waals surface area (Å²) in [5, 5.41) is 3.23. The second kappa shape index (κ2) is 5.07. The van der Waals surface area contributed by atoms with E-state index in [2.05, 4.69) is 10.3 Å². The topological polar surface area (TPSA) is 45.2 Å². The molecular weight excluding hydrogens is 202 g/mol. The van der Waals surface area contributed by atoms with Crippen LogP contribution in [0.4, 0.5) is 5.69 Å². The molecule has 4 nitrogen and oxygen atoms in total. The van der Waals surface area contributed by atoms with E-state index in [1.165, 1.54) is 0 Å². The van der Waals surface area contributed by atoms with E-state index >= 15 is 0 Å². The molecule has 1 atom stereocenters. The SMILES string of the molecule is CCN(C(=O)[C@H]1CCCN1)c1ccncc1. The summed E-state index contributed by atoms with van der Waals surface area (Å²) >= 11 is 0. The van der Waals surface area contributed by atoms with Gasteiger partial charge in [-0.25, -0.2) is 0 Å². The highest BCUT2D eigenvalue weighted by molar-refractivity contribution is 5.97. The number of nitrogens with one attached hydrogen (secondary N) is 1. The summed E-state index contributed by atoms with van der Waals surface area (Å²) in [6.45, 7) is 3.64. The molecule has 0 radical (unpaired) electrons. The highest BCUT2D eigenvalue weighted by Gasteiger charge is 2.26. The summed E-state index contributed by atoms with van der Waals surface area (Å²) in [4.78, 5) is 18.0. The minimum absolute atomic E-state index is 0.00637. The molecule has 1 aromatic rings. The number of aromatic nitrogens is 1. The van der Waals surface area contributed by atoms with Gasteiger partial charge in [0, 0.05) is 24.6 Å². The highest BCUT2D eigenvalue weighted by Crippen LogP contribution is 2.16. The van der Waals surface area contributed by atoms with Crippen LogP contribution in [0.5, 0.6) is 0 Å². The maximum Gasteiger partial charge on any atom is 0.244 e. The molecule has 1 aliphatic rings.